The number of anilines is 1. The summed E-state index contributed by atoms with van der Waals surface area (Å²) in [5, 5.41) is 17.9. The molecule has 204 valence electrons. The molecule has 1 saturated carbocycles. The average molecular weight is 544 g/mol. The number of hydrogen-bond acceptors (Lipinski definition) is 6. The molecule has 1 aliphatic carbocycles. The van der Waals surface area contributed by atoms with Gasteiger partial charge in [0.2, 0.25) is 0 Å². The normalized spacial score (nSPS) is 20.2. The third-order valence-corrected chi connectivity index (χ3v) is 8.94. The van der Waals surface area contributed by atoms with Gasteiger partial charge >= 0.3 is 6.09 Å². The second kappa shape index (κ2) is 9.63. The van der Waals surface area contributed by atoms with Crippen molar-refractivity contribution in [3.8, 4) is 11.8 Å². The summed E-state index contributed by atoms with van der Waals surface area (Å²) >= 11 is 1.62. The first kappa shape index (κ1) is 27.1. The lowest BCUT2D eigenvalue weighted by Gasteiger charge is -2.57. The van der Waals surface area contributed by atoms with Crippen LogP contribution in [0.3, 0.4) is 0 Å². The van der Waals surface area contributed by atoms with Gasteiger partial charge in [-0.1, -0.05) is 24.0 Å². The highest BCUT2D eigenvalue weighted by Gasteiger charge is 2.54. The van der Waals surface area contributed by atoms with Crippen molar-refractivity contribution in [2.45, 2.75) is 73.0 Å². The van der Waals surface area contributed by atoms with E-state index in [1.807, 2.05) is 39.8 Å². The molecule has 1 unspecified atom stereocenters. The van der Waals surface area contributed by atoms with Crippen molar-refractivity contribution in [3.63, 3.8) is 0 Å². The standard InChI is InChI=1S/C31H37N5O2S/c1-18-20(3)39-28-25(18)26(34-19(2)27(33)36(28)21(4)32)24-12-10-22(11-13-24)8-9-23-14-31(15-23)16-35(17-31)29(37)38-30(5,6)7/h10-13,19,23,32-33H,14-17H2,1-7H3. The minimum absolute atomic E-state index is 0.215. The Hall–Kier alpha value is -3.44. The lowest BCUT2D eigenvalue weighted by atomic mass is 9.58. The van der Waals surface area contributed by atoms with Gasteiger partial charge in [-0.2, -0.15) is 0 Å². The number of carbonyl (C=O) groups excluding carboxylic acids is 1. The van der Waals surface area contributed by atoms with Crippen molar-refractivity contribution < 1.29 is 9.53 Å². The predicted molar refractivity (Wildman–Crippen MR) is 159 cm³/mol. The number of nitrogens with zero attached hydrogens (tertiary/aromatic N) is 3. The summed E-state index contributed by atoms with van der Waals surface area (Å²) in [6.07, 6.45) is 1.84. The zero-order valence-electron chi connectivity index (χ0n) is 23.9. The number of fused-ring (bicyclic) bond motifs is 1. The number of ether oxygens (including phenoxy) is 1. The fraction of sp³-hybridized carbons (Fsp3) is 0.484. The molecule has 8 heteroatoms. The minimum atomic E-state index is -0.462. The first-order valence-corrected chi connectivity index (χ1v) is 14.3. The number of amidine groups is 2. The third kappa shape index (κ3) is 5.12. The van der Waals surface area contributed by atoms with E-state index in [0.29, 0.717) is 17.6 Å². The largest absolute Gasteiger partial charge is 0.444 e. The number of carbonyl (C=O) groups is 1. The Labute approximate surface area is 235 Å². The van der Waals surface area contributed by atoms with Crippen LogP contribution >= 0.6 is 11.3 Å². The second-order valence-electron chi connectivity index (χ2n) is 12.2. The molecule has 1 atom stereocenters. The Bertz CT molecular complexity index is 1440. The summed E-state index contributed by atoms with van der Waals surface area (Å²) in [5.41, 5.74) is 4.74. The maximum Gasteiger partial charge on any atom is 0.410 e. The van der Waals surface area contributed by atoms with Crippen LogP contribution in [0.25, 0.3) is 0 Å². The van der Waals surface area contributed by atoms with Gasteiger partial charge in [0.05, 0.1) is 5.71 Å². The number of thiophene rings is 1. The molecule has 1 aromatic heterocycles. The smallest absolute Gasteiger partial charge is 0.410 e. The Morgan fingerprint density at radius 3 is 2.41 bits per heavy atom. The van der Waals surface area contributed by atoms with E-state index in [-0.39, 0.29) is 17.6 Å². The topological polar surface area (TPSA) is 92.8 Å². The Morgan fingerprint density at radius 2 is 1.82 bits per heavy atom. The molecule has 39 heavy (non-hydrogen) atoms. The Kier molecular flexibility index (Phi) is 6.70. The minimum Gasteiger partial charge on any atom is -0.444 e. The summed E-state index contributed by atoms with van der Waals surface area (Å²) in [7, 11) is 0. The van der Waals surface area contributed by atoms with Gasteiger partial charge in [-0.3, -0.25) is 20.7 Å². The molecular weight excluding hydrogens is 506 g/mol. The van der Waals surface area contributed by atoms with E-state index in [1.165, 1.54) is 4.88 Å². The number of nitrogens with one attached hydrogen (secondary N) is 2. The number of likely N-dealkylation sites (tertiary alicyclic amines) is 1. The van der Waals surface area contributed by atoms with Crippen LogP contribution in [0.15, 0.2) is 29.3 Å². The molecule has 1 aromatic carbocycles. The van der Waals surface area contributed by atoms with Gasteiger partial charge in [0, 0.05) is 46.0 Å². The van der Waals surface area contributed by atoms with Gasteiger partial charge in [0.1, 0.15) is 28.3 Å². The number of hydrogen-bond donors (Lipinski definition) is 2. The lowest BCUT2D eigenvalue weighted by molar-refractivity contribution is -0.0832. The molecule has 2 aromatic rings. The SMILES string of the molecule is CC(=N)N1C(=N)C(C)N=C(c2ccc(C#CC3CC4(C3)CN(C(=O)OC(C)(C)C)C4)cc2)c2c1sc(C)c2C. The Balaban J connectivity index is 1.28. The zero-order chi connectivity index (χ0) is 28.3. The number of benzene rings is 1. The molecule has 1 saturated heterocycles. The molecule has 3 heterocycles. The van der Waals surface area contributed by atoms with Crippen molar-refractivity contribution in [2.24, 2.45) is 16.3 Å². The van der Waals surface area contributed by atoms with E-state index in [0.717, 1.165) is 58.9 Å². The molecule has 5 rings (SSSR count). The van der Waals surface area contributed by atoms with Gasteiger partial charge in [0.25, 0.3) is 0 Å². The van der Waals surface area contributed by atoms with Crippen LogP contribution in [0.5, 0.6) is 0 Å². The van der Waals surface area contributed by atoms with Crippen LogP contribution in [0.2, 0.25) is 0 Å². The van der Waals surface area contributed by atoms with Gasteiger partial charge in [-0.25, -0.2) is 4.79 Å². The van der Waals surface area contributed by atoms with Crippen molar-refractivity contribution in [1.29, 1.82) is 10.8 Å². The molecule has 7 nitrogen and oxygen atoms in total. The summed E-state index contributed by atoms with van der Waals surface area (Å²) in [5.74, 6) is 7.79. The molecule has 1 spiro atoms. The first-order valence-electron chi connectivity index (χ1n) is 13.5. The third-order valence-electron chi connectivity index (χ3n) is 7.74. The fourth-order valence-electron chi connectivity index (χ4n) is 5.67. The average Bonchev–Trinajstić information content (AvgIpc) is 3.01. The maximum absolute atomic E-state index is 12.2. The highest BCUT2D eigenvalue weighted by atomic mass is 32.1. The zero-order valence-corrected chi connectivity index (χ0v) is 24.7. The first-order chi connectivity index (χ1) is 18.3. The van der Waals surface area contributed by atoms with E-state index in [9.17, 15) is 4.79 Å². The molecular formula is C31H37N5O2S. The van der Waals surface area contributed by atoms with Crippen molar-refractivity contribution in [1.82, 2.24) is 4.90 Å². The highest BCUT2D eigenvalue weighted by Crippen LogP contribution is 2.52. The fourth-order valence-corrected chi connectivity index (χ4v) is 6.90. The predicted octanol–water partition coefficient (Wildman–Crippen LogP) is 6.38. The van der Waals surface area contributed by atoms with Crippen LogP contribution in [0, 0.1) is 47.8 Å². The molecule has 2 fully saturated rings. The van der Waals surface area contributed by atoms with E-state index in [2.05, 4.69) is 37.8 Å². The molecule has 2 N–H and O–H groups in total. The number of aryl methyl sites for hydroxylation is 1. The second-order valence-corrected chi connectivity index (χ2v) is 13.4. The van der Waals surface area contributed by atoms with Gasteiger partial charge in [-0.05, 0) is 79.0 Å². The van der Waals surface area contributed by atoms with E-state index < -0.39 is 5.60 Å². The van der Waals surface area contributed by atoms with Crippen molar-refractivity contribution in [2.75, 3.05) is 18.0 Å². The van der Waals surface area contributed by atoms with E-state index in [4.69, 9.17) is 20.5 Å². The van der Waals surface area contributed by atoms with Gasteiger partial charge < -0.3 is 9.64 Å². The summed E-state index contributed by atoms with van der Waals surface area (Å²) in [6.45, 7) is 15.0. The van der Waals surface area contributed by atoms with E-state index in [1.54, 1.807) is 28.1 Å². The number of aliphatic imine (C=N–C) groups is 1. The number of amides is 1. The van der Waals surface area contributed by atoms with Gasteiger partial charge in [0.15, 0.2) is 0 Å². The summed E-state index contributed by atoms with van der Waals surface area (Å²) < 4.78 is 5.48. The highest BCUT2D eigenvalue weighted by molar-refractivity contribution is 7.17. The van der Waals surface area contributed by atoms with Crippen LogP contribution in [-0.2, 0) is 4.74 Å². The molecule has 2 aliphatic heterocycles. The summed E-state index contributed by atoms with van der Waals surface area (Å²) in [4.78, 5) is 21.9. The van der Waals surface area contributed by atoms with Crippen LogP contribution < -0.4 is 4.90 Å². The molecule has 0 bridgehead atoms. The quantitative estimate of drug-likeness (QED) is 0.248. The Morgan fingerprint density at radius 1 is 1.18 bits per heavy atom. The van der Waals surface area contributed by atoms with Crippen LogP contribution in [0.1, 0.15) is 74.6 Å². The van der Waals surface area contributed by atoms with Gasteiger partial charge in [-0.15, -0.1) is 11.3 Å². The molecule has 0 radical (unpaired) electrons. The lowest BCUT2D eigenvalue weighted by Crippen LogP contribution is -2.64. The van der Waals surface area contributed by atoms with Crippen molar-refractivity contribution >= 4 is 39.8 Å². The maximum atomic E-state index is 12.2. The van der Waals surface area contributed by atoms with Crippen LogP contribution in [-0.4, -0.2) is 53.1 Å². The number of rotatable bonds is 1. The van der Waals surface area contributed by atoms with Crippen LogP contribution in [0.4, 0.5) is 9.80 Å². The van der Waals surface area contributed by atoms with E-state index >= 15 is 0 Å². The monoisotopic (exact) mass is 543 g/mol. The van der Waals surface area contributed by atoms with Crippen molar-refractivity contribution in [3.05, 3.63) is 51.4 Å². The molecule has 1 amide bonds. The summed E-state index contributed by atoms with van der Waals surface area (Å²) in [6, 6.07) is 7.86. The molecule has 3 aliphatic rings.